The Balaban J connectivity index is 3.32. The van der Waals surface area contributed by atoms with Crippen LogP contribution in [-0.2, 0) is 9.59 Å². The van der Waals surface area contributed by atoms with Crippen molar-refractivity contribution in [3.8, 4) is 6.07 Å². The Morgan fingerprint density at radius 3 is 2.26 bits per heavy atom. The first-order chi connectivity index (χ1) is 8.85. The summed E-state index contributed by atoms with van der Waals surface area (Å²) < 4.78 is 0. The number of aryl methyl sites for hydroxylation is 2. The molecule has 0 saturated heterocycles. The van der Waals surface area contributed by atoms with E-state index < -0.39 is 25.0 Å². The van der Waals surface area contributed by atoms with Crippen LogP contribution in [0.25, 0.3) is 0 Å². The topological polar surface area (TPSA) is 115 Å². The molecule has 2 N–H and O–H groups in total. The molecule has 0 aromatic carbocycles. The van der Waals surface area contributed by atoms with Crippen molar-refractivity contribution in [1.82, 2.24) is 4.98 Å². The van der Waals surface area contributed by atoms with E-state index >= 15 is 0 Å². The Morgan fingerprint density at radius 1 is 1.32 bits per heavy atom. The smallest absolute Gasteiger partial charge is 0.323 e. The lowest BCUT2D eigenvalue weighted by atomic mass is 10.1. The van der Waals surface area contributed by atoms with E-state index in [0.29, 0.717) is 11.3 Å². The van der Waals surface area contributed by atoms with E-state index in [1.165, 1.54) is 0 Å². The monoisotopic (exact) mass is 263 g/mol. The average Bonchev–Trinajstić information content (AvgIpc) is 2.25. The second-order valence-electron chi connectivity index (χ2n) is 4.03. The summed E-state index contributed by atoms with van der Waals surface area (Å²) in [6.45, 7) is 2.32. The highest BCUT2D eigenvalue weighted by molar-refractivity contribution is 5.80. The van der Waals surface area contributed by atoms with E-state index in [4.69, 9.17) is 15.5 Å². The molecular weight excluding hydrogens is 250 g/mol. The molecule has 1 aromatic rings. The van der Waals surface area contributed by atoms with Gasteiger partial charge in [0.05, 0.1) is 5.56 Å². The van der Waals surface area contributed by atoms with Gasteiger partial charge >= 0.3 is 11.9 Å². The molecule has 0 fully saturated rings. The Labute approximate surface area is 109 Å². The zero-order valence-corrected chi connectivity index (χ0v) is 10.5. The SMILES string of the molecule is Cc1cc(C)c(C#N)c(N(CC(=O)O)CC(=O)O)n1. The molecule has 0 radical (unpaired) electrons. The largest absolute Gasteiger partial charge is 0.480 e. The van der Waals surface area contributed by atoms with Gasteiger partial charge in [-0.05, 0) is 25.5 Å². The van der Waals surface area contributed by atoms with Gasteiger partial charge in [-0.25, -0.2) is 4.98 Å². The fourth-order valence-electron chi connectivity index (χ4n) is 1.72. The molecule has 1 aromatic heterocycles. The van der Waals surface area contributed by atoms with Crippen LogP contribution in [0, 0.1) is 25.2 Å². The first-order valence-electron chi connectivity index (χ1n) is 5.42. The minimum Gasteiger partial charge on any atom is -0.480 e. The molecule has 0 aliphatic carbocycles. The van der Waals surface area contributed by atoms with Crippen LogP contribution in [0.15, 0.2) is 6.07 Å². The van der Waals surface area contributed by atoms with E-state index in [2.05, 4.69) is 4.98 Å². The van der Waals surface area contributed by atoms with Crippen molar-refractivity contribution < 1.29 is 19.8 Å². The van der Waals surface area contributed by atoms with Crippen LogP contribution in [0.1, 0.15) is 16.8 Å². The van der Waals surface area contributed by atoms with Crippen molar-refractivity contribution in [1.29, 1.82) is 5.26 Å². The van der Waals surface area contributed by atoms with Crippen LogP contribution in [0.3, 0.4) is 0 Å². The van der Waals surface area contributed by atoms with E-state index in [0.717, 1.165) is 4.90 Å². The van der Waals surface area contributed by atoms with Gasteiger partial charge in [-0.2, -0.15) is 5.26 Å². The van der Waals surface area contributed by atoms with Gasteiger partial charge in [0, 0.05) is 5.69 Å². The predicted molar refractivity (Wildman–Crippen MR) is 65.9 cm³/mol. The van der Waals surface area contributed by atoms with Crippen LogP contribution < -0.4 is 4.90 Å². The highest BCUT2D eigenvalue weighted by Crippen LogP contribution is 2.21. The van der Waals surface area contributed by atoms with Crippen LogP contribution in [-0.4, -0.2) is 40.2 Å². The van der Waals surface area contributed by atoms with Gasteiger partial charge in [-0.15, -0.1) is 0 Å². The summed E-state index contributed by atoms with van der Waals surface area (Å²) in [4.78, 5) is 26.7. The predicted octanol–water partition coefficient (Wildman–Crippen LogP) is 0.546. The molecule has 7 heteroatoms. The lowest BCUT2D eigenvalue weighted by molar-refractivity contribution is -0.136. The molecule has 0 bridgehead atoms. The Bertz CT molecular complexity index is 547. The van der Waals surface area contributed by atoms with Gasteiger partial charge in [0.25, 0.3) is 0 Å². The highest BCUT2D eigenvalue weighted by Gasteiger charge is 2.20. The summed E-state index contributed by atoms with van der Waals surface area (Å²) in [7, 11) is 0. The van der Waals surface area contributed by atoms with Crippen molar-refractivity contribution in [3.63, 3.8) is 0 Å². The molecule has 0 aliphatic heterocycles. The number of carbonyl (C=O) groups is 2. The molecule has 0 spiro atoms. The van der Waals surface area contributed by atoms with Crippen molar-refractivity contribution in [3.05, 3.63) is 22.9 Å². The standard InChI is InChI=1S/C12H13N3O4/c1-7-3-8(2)14-12(9(7)4-13)15(5-10(16)17)6-11(18)19/h3H,5-6H2,1-2H3,(H,16,17)(H,18,19). The number of rotatable bonds is 5. The lowest BCUT2D eigenvalue weighted by Crippen LogP contribution is -2.35. The summed E-state index contributed by atoms with van der Waals surface area (Å²) in [5.74, 6) is -2.29. The molecule has 0 aliphatic rings. The number of hydrogen-bond donors (Lipinski definition) is 2. The van der Waals surface area contributed by atoms with Gasteiger partial charge in [0.15, 0.2) is 0 Å². The molecular formula is C12H13N3O4. The third-order valence-electron chi connectivity index (χ3n) is 2.39. The summed E-state index contributed by atoms with van der Waals surface area (Å²) in [5, 5.41) is 26.7. The minimum absolute atomic E-state index is 0.0878. The van der Waals surface area contributed by atoms with Gasteiger partial charge in [-0.3, -0.25) is 9.59 Å². The number of aromatic nitrogens is 1. The third-order valence-corrected chi connectivity index (χ3v) is 2.39. The van der Waals surface area contributed by atoms with Crippen molar-refractivity contribution in [2.24, 2.45) is 0 Å². The maximum atomic E-state index is 10.8. The molecule has 0 amide bonds. The summed E-state index contributed by atoms with van der Waals surface area (Å²) in [6, 6.07) is 3.61. The van der Waals surface area contributed by atoms with Gasteiger partial charge < -0.3 is 15.1 Å². The van der Waals surface area contributed by atoms with Gasteiger partial charge in [0.2, 0.25) is 0 Å². The van der Waals surface area contributed by atoms with Gasteiger partial charge in [0.1, 0.15) is 25.0 Å². The summed E-state index contributed by atoms with van der Waals surface area (Å²) in [5.41, 5.74) is 1.41. The number of nitriles is 1. The number of anilines is 1. The minimum atomic E-state index is -1.19. The molecule has 100 valence electrons. The zero-order chi connectivity index (χ0) is 14.6. The van der Waals surface area contributed by atoms with E-state index in [9.17, 15) is 9.59 Å². The lowest BCUT2D eigenvalue weighted by Gasteiger charge is -2.21. The Hall–Kier alpha value is -2.62. The van der Waals surface area contributed by atoms with E-state index in [-0.39, 0.29) is 11.4 Å². The highest BCUT2D eigenvalue weighted by atomic mass is 16.4. The average molecular weight is 263 g/mol. The maximum Gasteiger partial charge on any atom is 0.323 e. The number of aliphatic carboxylic acids is 2. The van der Waals surface area contributed by atoms with Crippen molar-refractivity contribution >= 4 is 17.8 Å². The third kappa shape index (κ3) is 3.67. The van der Waals surface area contributed by atoms with Crippen LogP contribution in [0.2, 0.25) is 0 Å². The molecule has 1 heterocycles. The Morgan fingerprint density at radius 2 is 1.84 bits per heavy atom. The normalized spacial score (nSPS) is 9.74. The second-order valence-corrected chi connectivity index (χ2v) is 4.03. The van der Waals surface area contributed by atoms with Crippen molar-refractivity contribution in [2.45, 2.75) is 13.8 Å². The fraction of sp³-hybridized carbons (Fsp3) is 0.333. The molecule has 0 atom stereocenters. The number of hydrogen-bond acceptors (Lipinski definition) is 5. The molecule has 19 heavy (non-hydrogen) atoms. The van der Waals surface area contributed by atoms with Gasteiger partial charge in [-0.1, -0.05) is 0 Å². The number of pyridine rings is 1. The fourth-order valence-corrected chi connectivity index (χ4v) is 1.72. The Kier molecular flexibility index (Phi) is 4.42. The van der Waals surface area contributed by atoms with E-state index in [1.807, 2.05) is 6.07 Å². The van der Waals surface area contributed by atoms with E-state index in [1.54, 1.807) is 19.9 Å². The number of carboxylic acids is 2. The van der Waals surface area contributed by atoms with Crippen LogP contribution in [0.5, 0.6) is 0 Å². The summed E-state index contributed by atoms with van der Waals surface area (Å²) >= 11 is 0. The first-order valence-corrected chi connectivity index (χ1v) is 5.42. The van der Waals surface area contributed by atoms with Crippen LogP contribution in [0.4, 0.5) is 5.82 Å². The molecule has 0 saturated carbocycles. The number of nitrogens with zero attached hydrogens (tertiary/aromatic N) is 3. The number of carboxylic acid groups (broad SMARTS) is 2. The molecule has 1 rings (SSSR count). The van der Waals surface area contributed by atoms with Crippen LogP contribution >= 0.6 is 0 Å². The molecule has 7 nitrogen and oxygen atoms in total. The summed E-state index contributed by atoms with van der Waals surface area (Å²) in [6.07, 6.45) is 0. The maximum absolute atomic E-state index is 10.8. The quantitative estimate of drug-likeness (QED) is 0.796. The zero-order valence-electron chi connectivity index (χ0n) is 10.5. The second kappa shape index (κ2) is 5.82. The first kappa shape index (κ1) is 14.4. The molecule has 0 unspecified atom stereocenters. The van der Waals surface area contributed by atoms with Crippen molar-refractivity contribution in [2.75, 3.05) is 18.0 Å².